The topological polar surface area (TPSA) is 35.2 Å². The molecule has 2 nitrogen and oxygen atoms in total. The lowest BCUT2D eigenvalue weighted by Crippen LogP contribution is -2.46. The van der Waals surface area contributed by atoms with Crippen LogP contribution in [-0.4, -0.2) is 18.8 Å². The molecule has 1 rings (SSSR count). The summed E-state index contributed by atoms with van der Waals surface area (Å²) in [5.74, 6) is 0.771. The molecule has 2 N–H and O–H groups in total. The van der Waals surface area contributed by atoms with Crippen molar-refractivity contribution in [1.82, 2.24) is 0 Å². The molecular formula is C11H23NO. The van der Waals surface area contributed by atoms with Crippen LogP contribution >= 0.6 is 0 Å². The molecule has 1 fully saturated rings. The van der Waals surface area contributed by atoms with Crippen molar-refractivity contribution in [2.75, 3.05) is 13.2 Å². The largest absolute Gasteiger partial charge is 0.381 e. The van der Waals surface area contributed by atoms with Crippen molar-refractivity contribution in [2.24, 2.45) is 11.7 Å². The molecule has 0 saturated carbocycles. The van der Waals surface area contributed by atoms with Crippen LogP contribution in [0, 0.1) is 5.92 Å². The molecule has 0 aliphatic carbocycles. The summed E-state index contributed by atoms with van der Waals surface area (Å²) in [6, 6.07) is 0. The Hall–Kier alpha value is -0.0800. The Kier molecular flexibility index (Phi) is 4.20. The number of hydrogen-bond donors (Lipinski definition) is 1. The quantitative estimate of drug-likeness (QED) is 0.729. The predicted octanol–water partition coefficient (Wildman–Crippen LogP) is 2.32. The van der Waals surface area contributed by atoms with Gasteiger partial charge in [-0.2, -0.15) is 0 Å². The molecule has 1 saturated heterocycles. The van der Waals surface area contributed by atoms with Crippen molar-refractivity contribution >= 4 is 0 Å². The van der Waals surface area contributed by atoms with Crippen molar-refractivity contribution in [1.29, 1.82) is 0 Å². The first-order chi connectivity index (χ1) is 6.16. The summed E-state index contributed by atoms with van der Waals surface area (Å²) in [6.45, 7) is 6.27. The summed E-state index contributed by atoms with van der Waals surface area (Å²) < 4.78 is 5.33. The summed E-state index contributed by atoms with van der Waals surface area (Å²) in [6.07, 6.45) is 5.83. The summed E-state index contributed by atoms with van der Waals surface area (Å²) in [7, 11) is 0. The van der Waals surface area contributed by atoms with Gasteiger partial charge in [0.15, 0.2) is 0 Å². The van der Waals surface area contributed by atoms with Crippen LogP contribution < -0.4 is 5.73 Å². The third kappa shape index (κ3) is 3.65. The highest BCUT2D eigenvalue weighted by Crippen LogP contribution is 2.27. The smallest absolute Gasteiger partial charge is 0.0483 e. The van der Waals surface area contributed by atoms with E-state index >= 15 is 0 Å². The van der Waals surface area contributed by atoms with Crippen molar-refractivity contribution in [3.8, 4) is 0 Å². The van der Waals surface area contributed by atoms with Gasteiger partial charge in [0.1, 0.15) is 0 Å². The minimum absolute atomic E-state index is 0.0762. The molecule has 1 aliphatic heterocycles. The Morgan fingerprint density at radius 3 is 2.54 bits per heavy atom. The lowest BCUT2D eigenvalue weighted by atomic mass is 9.81. The molecule has 1 aliphatic rings. The zero-order valence-corrected chi connectivity index (χ0v) is 9.01. The second-order valence-electron chi connectivity index (χ2n) is 4.57. The van der Waals surface area contributed by atoms with Crippen LogP contribution in [0.2, 0.25) is 0 Å². The summed E-state index contributed by atoms with van der Waals surface area (Å²) in [5, 5.41) is 0. The Morgan fingerprint density at radius 2 is 2.00 bits per heavy atom. The van der Waals surface area contributed by atoms with Gasteiger partial charge in [-0.3, -0.25) is 0 Å². The van der Waals surface area contributed by atoms with Crippen LogP contribution in [0.3, 0.4) is 0 Å². The Bertz CT molecular complexity index is 141. The fourth-order valence-electron chi connectivity index (χ4n) is 2.27. The van der Waals surface area contributed by atoms with Gasteiger partial charge >= 0.3 is 0 Å². The van der Waals surface area contributed by atoms with Crippen molar-refractivity contribution in [3.05, 3.63) is 0 Å². The average Bonchev–Trinajstić information content (AvgIpc) is 2.04. The van der Waals surface area contributed by atoms with Gasteiger partial charge in [0.2, 0.25) is 0 Å². The van der Waals surface area contributed by atoms with E-state index < -0.39 is 0 Å². The standard InChI is InChI=1S/C11H23NO/c1-3-4-10(2)9-11(12)5-7-13-8-6-11/h10H,3-9,12H2,1-2H3. The Morgan fingerprint density at radius 1 is 1.38 bits per heavy atom. The highest BCUT2D eigenvalue weighted by atomic mass is 16.5. The molecule has 0 aromatic carbocycles. The molecular weight excluding hydrogens is 162 g/mol. The van der Waals surface area contributed by atoms with E-state index in [9.17, 15) is 0 Å². The Balaban J connectivity index is 2.31. The van der Waals surface area contributed by atoms with Crippen LogP contribution in [0.4, 0.5) is 0 Å². The molecule has 0 aromatic rings. The van der Waals surface area contributed by atoms with Crippen LogP contribution in [0.15, 0.2) is 0 Å². The maximum absolute atomic E-state index is 6.31. The second-order valence-corrected chi connectivity index (χ2v) is 4.57. The van der Waals surface area contributed by atoms with Crippen molar-refractivity contribution in [3.63, 3.8) is 0 Å². The average molecular weight is 185 g/mol. The van der Waals surface area contributed by atoms with E-state index in [-0.39, 0.29) is 5.54 Å². The normalized spacial score (nSPS) is 24.2. The van der Waals surface area contributed by atoms with E-state index in [0.29, 0.717) is 0 Å². The fraction of sp³-hybridized carbons (Fsp3) is 1.00. The SMILES string of the molecule is CCCC(C)CC1(N)CCOCC1. The van der Waals surface area contributed by atoms with Crippen LogP contribution in [0.25, 0.3) is 0 Å². The maximum atomic E-state index is 6.31. The maximum Gasteiger partial charge on any atom is 0.0483 e. The highest BCUT2D eigenvalue weighted by Gasteiger charge is 2.29. The number of rotatable bonds is 4. The predicted molar refractivity (Wildman–Crippen MR) is 55.7 cm³/mol. The minimum atomic E-state index is 0.0762. The lowest BCUT2D eigenvalue weighted by Gasteiger charge is -2.35. The van der Waals surface area contributed by atoms with Gasteiger partial charge in [0.05, 0.1) is 0 Å². The van der Waals surface area contributed by atoms with E-state index in [1.165, 1.54) is 19.3 Å². The van der Waals surface area contributed by atoms with Gasteiger partial charge in [0.25, 0.3) is 0 Å². The van der Waals surface area contributed by atoms with E-state index in [4.69, 9.17) is 10.5 Å². The van der Waals surface area contributed by atoms with E-state index in [1.807, 2.05) is 0 Å². The van der Waals surface area contributed by atoms with Crippen LogP contribution in [0.5, 0.6) is 0 Å². The third-order valence-corrected chi connectivity index (χ3v) is 3.03. The molecule has 78 valence electrons. The molecule has 2 heteroatoms. The zero-order chi connectivity index (χ0) is 9.73. The summed E-state index contributed by atoms with van der Waals surface area (Å²) in [5.41, 5.74) is 6.39. The molecule has 0 amide bonds. The van der Waals surface area contributed by atoms with Gasteiger partial charge in [0, 0.05) is 18.8 Å². The van der Waals surface area contributed by atoms with Gasteiger partial charge in [-0.1, -0.05) is 26.7 Å². The molecule has 1 heterocycles. The first kappa shape index (κ1) is 11.0. The Labute approximate surface area is 81.8 Å². The summed E-state index contributed by atoms with van der Waals surface area (Å²) in [4.78, 5) is 0. The first-order valence-corrected chi connectivity index (χ1v) is 5.53. The lowest BCUT2D eigenvalue weighted by molar-refractivity contribution is 0.0445. The van der Waals surface area contributed by atoms with Gasteiger partial charge in [-0.05, 0) is 25.2 Å². The molecule has 0 bridgehead atoms. The highest BCUT2D eigenvalue weighted by molar-refractivity contribution is 4.87. The summed E-state index contributed by atoms with van der Waals surface area (Å²) >= 11 is 0. The molecule has 0 radical (unpaired) electrons. The van der Waals surface area contributed by atoms with Crippen LogP contribution in [-0.2, 0) is 4.74 Å². The fourth-order valence-corrected chi connectivity index (χ4v) is 2.27. The van der Waals surface area contributed by atoms with Crippen molar-refractivity contribution < 1.29 is 4.74 Å². The molecule has 13 heavy (non-hydrogen) atoms. The van der Waals surface area contributed by atoms with Crippen molar-refractivity contribution in [2.45, 2.75) is 51.5 Å². The second kappa shape index (κ2) is 4.97. The van der Waals surface area contributed by atoms with Crippen LogP contribution in [0.1, 0.15) is 46.0 Å². The third-order valence-electron chi connectivity index (χ3n) is 3.03. The van der Waals surface area contributed by atoms with Gasteiger partial charge in [-0.15, -0.1) is 0 Å². The molecule has 0 spiro atoms. The minimum Gasteiger partial charge on any atom is -0.381 e. The molecule has 0 aromatic heterocycles. The number of nitrogens with two attached hydrogens (primary N) is 1. The van der Waals surface area contributed by atoms with E-state index in [2.05, 4.69) is 13.8 Å². The van der Waals surface area contributed by atoms with Gasteiger partial charge in [-0.25, -0.2) is 0 Å². The zero-order valence-electron chi connectivity index (χ0n) is 9.01. The number of hydrogen-bond acceptors (Lipinski definition) is 2. The van der Waals surface area contributed by atoms with Gasteiger partial charge < -0.3 is 10.5 Å². The number of ether oxygens (including phenoxy) is 1. The van der Waals surface area contributed by atoms with E-state index in [1.54, 1.807) is 0 Å². The first-order valence-electron chi connectivity index (χ1n) is 5.53. The molecule has 1 unspecified atom stereocenters. The monoisotopic (exact) mass is 185 g/mol. The van der Waals surface area contributed by atoms with E-state index in [0.717, 1.165) is 32.0 Å². The molecule has 1 atom stereocenters.